The van der Waals surface area contributed by atoms with Crippen molar-refractivity contribution in [3.05, 3.63) is 35.6 Å². The van der Waals surface area contributed by atoms with E-state index >= 15 is 0 Å². The lowest BCUT2D eigenvalue weighted by Gasteiger charge is -2.38. The molecule has 168 valence electrons. The molecule has 31 heavy (non-hydrogen) atoms. The van der Waals surface area contributed by atoms with Crippen molar-refractivity contribution in [3.63, 3.8) is 0 Å². The van der Waals surface area contributed by atoms with E-state index in [2.05, 4.69) is 5.32 Å². The first-order valence-corrected chi connectivity index (χ1v) is 11.7. The number of carbonyl (C=O) groups excluding carboxylic acids is 3. The van der Waals surface area contributed by atoms with E-state index in [1.807, 2.05) is 4.90 Å². The maximum atomic E-state index is 13.9. The number of benzene rings is 1. The predicted octanol–water partition coefficient (Wildman–Crippen LogP) is 2.98. The lowest BCUT2D eigenvalue weighted by Crippen LogP contribution is -2.52. The van der Waals surface area contributed by atoms with Crippen molar-refractivity contribution in [1.29, 1.82) is 0 Å². The minimum Gasteiger partial charge on any atom is -0.353 e. The van der Waals surface area contributed by atoms with Crippen LogP contribution in [0.1, 0.15) is 61.7 Å². The van der Waals surface area contributed by atoms with Crippen LogP contribution in [0.2, 0.25) is 0 Å². The molecule has 1 aromatic rings. The Balaban J connectivity index is 1.22. The molecule has 1 heterocycles. The number of hydrogen-bond acceptors (Lipinski definition) is 3. The van der Waals surface area contributed by atoms with E-state index < -0.39 is 5.82 Å². The van der Waals surface area contributed by atoms with E-state index in [4.69, 9.17) is 0 Å². The van der Waals surface area contributed by atoms with Crippen LogP contribution in [-0.4, -0.2) is 59.7 Å². The number of rotatable bonds is 4. The molecule has 0 spiro atoms. The Bertz CT molecular complexity index is 808. The number of amides is 3. The molecule has 2 saturated carbocycles. The second-order valence-corrected chi connectivity index (χ2v) is 9.14. The first-order chi connectivity index (χ1) is 15.0. The summed E-state index contributed by atoms with van der Waals surface area (Å²) in [6, 6.07) is 6.20. The highest BCUT2D eigenvalue weighted by Gasteiger charge is 2.33. The van der Waals surface area contributed by atoms with Crippen molar-refractivity contribution in [2.75, 3.05) is 26.2 Å². The highest BCUT2D eigenvalue weighted by molar-refractivity contribution is 5.94. The van der Waals surface area contributed by atoms with Crippen molar-refractivity contribution < 1.29 is 18.8 Å². The fourth-order valence-corrected chi connectivity index (χ4v) is 5.18. The van der Waals surface area contributed by atoms with Gasteiger partial charge in [-0.2, -0.15) is 0 Å². The van der Waals surface area contributed by atoms with Gasteiger partial charge in [-0.1, -0.05) is 25.0 Å². The molecule has 0 radical (unpaired) electrons. The molecule has 0 unspecified atom stereocenters. The Kier molecular flexibility index (Phi) is 6.88. The second-order valence-electron chi connectivity index (χ2n) is 9.14. The van der Waals surface area contributed by atoms with Gasteiger partial charge in [0.15, 0.2) is 0 Å². The minimum atomic E-state index is -0.511. The molecule has 0 atom stereocenters. The SMILES string of the molecule is O=C(NC1CCC(C(=O)N2CCN(C(=O)c3ccccc3F)CC2)CC1)C1CCCC1. The fourth-order valence-electron chi connectivity index (χ4n) is 5.18. The molecule has 0 aromatic heterocycles. The molecule has 3 aliphatic rings. The Morgan fingerprint density at radius 2 is 1.42 bits per heavy atom. The minimum absolute atomic E-state index is 0.00606. The molecular formula is C24H32FN3O3. The van der Waals surface area contributed by atoms with Crippen molar-refractivity contribution in [2.24, 2.45) is 11.8 Å². The maximum Gasteiger partial charge on any atom is 0.256 e. The monoisotopic (exact) mass is 429 g/mol. The average molecular weight is 430 g/mol. The molecule has 6 nitrogen and oxygen atoms in total. The smallest absolute Gasteiger partial charge is 0.256 e. The van der Waals surface area contributed by atoms with Crippen LogP contribution < -0.4 is 5.32 Å². The number of nitrogens with one attached hydrogen (secondary N) is 1. The van der Waals surface area contributed by atoms with Gasteiger partial charge in [-0.25, -0.2) is 4.39 Å². The van der Waals surface area contributed by atoms with Crippen LogP contribution in [0.5, 0.6) is 0 Å². The summed E-state index contributed by atoms with van der Waals surface area (Å²) in [5, 5.41) is 3.20. The maximum absolute atomic E-state index is 13.9. The Hall–Kier alpha value is -2.44. The molecular weight excluding hydrogens is 397 g/mol. The van der Waals surface area contributed by atoms with Gasteiger partial charge in [-0.05, 0) is 50.7 Å². The van der Waals surface area contributed by atoms with Crippen molar-refractivity contribution in [2.45, 2.75) is 57.4 Å². The second kappa shape index (κ2) is 9.79. The largest absolute Gasteiger partial charge is 0.353 e. The van der Waals surface area contributed by atoms with Crippen LogP contribution >= 0.6 is 0 Å². The van der Waals surface area contributed by atoms with E-state index in [1.54, 1.807) is 17.0 Å². The third kappa shape index (κ3) is 5.08. The average Bonchev–Trinajstić information content (AvgIpc) is 3.34. The number of carbonyl (C=O) groups is 3. The van der Waals surface area contributed by atoms with E-state index in [-0.39, 0.29) is 41.2 Å². The normalized spacial score (nSPS) is 24.8. The summed E-state index contributed by atoms with van der Waals surface area (Å²) in [5.74, 6) is -0.302. The first kappa shape index (κ1) is 21.8. The van der Waals surface area contributed by atoms with Gasteiger partial charge in [0, 0.05) is 44.1 Å². The molecule has 3 amide bonds. The molecule has 4 rings (SSSR count). The number of hydrogen-bond donors (Lipinski definition) is 1. The first-order valence-electron chi connectivity index (χ1n) is 11.7. The third-order valence-corrected chi connectivity index (χ3v) is 7.13. The summed E-state index contributed by atoms with van der Waals surface area (Å²) in [5.41, 5.74) is 0.0836. The quantitative estimate of drug-likeness (QED) is 0.800. The molecule has 1 saturated heterocycles. The Labute approximate surface area is 183 Å². The van der Waals surface area contributed by atoms with Gasteiger partial charge in [-0.15, -0.1) is 0 Å². The zero-order chi connectivity index (χ0) is 21.8. The van der Waals surface area contributed by atoms with Gasteiger partial charge in [0.05, 0.1) is 5.56 Å². The molecule has 2 aliphatic carbocycles. The van der Waals surface area contributed by atoms with Gasteiger partial charge in [0.1, 0.15) is 5.82 Å². The van der Waals surface area contributed by atoms with Gasteiger partial charge in [0.25, 0.3) is 5.91 Å². The van der Waals surface area contributed by atoms with E-state index in [9.17, 15) is 18.8 Å². The van der Waals surface area contributed by atoms with E-state index in [1.165, 1.54) is 12.1 Å². The molecule has 7 heteroatoms. The predicted molar refractivity (Wildman–Crippen MR) is 115 cm³/mol. The number of nitrogens with zero attached hydrogens (tertiary/aromatic N) is 2. The van der Waals surface area contributed by atoms with Crippen molar-refractivity contribution >= 4 is 17.7 Å². The lowest BCUT2D eigenvalue weighted by molar-refractivity contribution is -0.138. The van der Waals surface area contributed by atoms with Gasteiger partial charge < -0.3 is 15.1 Å². The zero-order valence-electron chi connectivity index (χ0n) is 18.0. The molecule has 1 aliphatic heterocycles. The summed E-state index contributed by atoms with van der Waals surface area (Å²) in [4.78, 5) is 41.3. The van der Waals surface area contributed by atoms with Crippen molar-refractivity contribution in [1.82, 2.24) is 15.1 Å². The van der Waals surface area contributed by atoms with Crippen LogP contribution in [0.25, 0.3) is 0 Å². The fraction of sp³-hybridized carbons (Fsp3) is 0.625. The summed E-state index contributed by atoms with van der Waals surface area (Å²) in [6.07, 6.45) is 7.60. The Morgan fingerprint density at radius 1 is 0.806 bits per heavy atom. The lowest BCUT2D eigenvalue weighted by atomic mass is 9.84. The van der Waals surface area contributed by atoms with Gasteiger partial charge in [0.2, 0.25) is 11.8 Å². The molecule has 1 N–H and O–H groups in total. The third-order valence-electron chi connectivity index (χ3n) is 7.13. The van der Waals surface area contributed by atoms with E-state index in [0.717, 1.165) is 51.4 Å². The highest BCUT2D eigenvalue weighted by Crippen LogP contribution is 2.29. The van der Waals surface area contributed by atoms with Crippen LogP contribution in [0.3, 0.4) is 0 Å². The van der Waals surface area contributed by atoms with Crippen LogP contribution in [0.15, 0.2) is 24.3 Å². The summed E-state index contributed by atoms with van der Waals surface area (Å²) in [7, 11) is 0. The summed E-state index contributed by atoms with van der Waals surface area (Å²) in [6.45, 7) is 1.81. The molecule has 0 bridgehead atoms. The topological polar surface area (TPSA) is 69.7 Å². The number of halogens is 1. The summed E-state index contributed by atoms with van der Waals surface area (Å²) >= 11 is 0. The van der Waals surface area contributed by atoms with Gasteiger partial charge >= 0.3 is 0 Å². The standard InChI is InChI=1S/C24H32FN3O3/c25-21-8-4-3-7-20(21)24(31)28-15-13-27(14-16-28)23(30)18-9-11-19(12-10-18)26-22(29)17-5-1-2-6-17/h3-4,7-8,17-19H,1-2,5-6,9-16H2,(H,26,29). The van der Waals surface area contributed by atoms with Crippen molar-refractivity contribution in [3.8, 4) is 0 Å². The number of piperazine rings is 1. The van der Waals surface area contributed by atoms with Crippen LogP contribution in [-0.2, 0) is 9.59 Å². The highest BCUT2D eigenvalue weighted by atomic mass is 19.1. The van der Waals surface area contributed by atoms with Crippen LogP contribution in [0.4, 0.5) is 4.39 Å². The summed E-state index contributed by atoms with van der Waals surface area (Å²) < 4.78 is 13.9. The zero-order valence-corrected chi connectivity index (χ0v) is 18.0. The molecule has 3 fully saturated rings. The molecule has 1 aromatic carbocycles. The Morgan fingerprint density at radius 3 is 2.06 bits per heavy atom. The van der Waals surface area contributed by atoms with E-state index in [0.29, 0.717) is 26.2 Å². The van der Waals surface area contributed by atoms with Gasteiger partial charge in [-0.3, -0.25) is 14.4 Å². The van der Waals surface area contributed by atoms with Crippen LogP contribution in [0, 0.1) is 17.7 Å².